The Morgan fingerprint density at radius 3 is 2.02 bits per heavy atom. The van der Waals surface area contributed by atoms with Crippen LogP contribution in [-0.2, 0) is 25.0 Å². The van der Waals surface area contributed by atoms with Crippen LogP contribution >= 0.6 is 0 Å². The SMILES string of the molecule is CC[C@H](C)[C@H](N[C@@H]1C=Cc2c([C@H](C)O[Si](C)(C)C(C)(C)C)cc(CO)nc2[C@H]1O[Si](C)(C)C(C)(C)C)C(=O)OC(C)(C)C. The number of aliphatic hydroxyl groups excluding tert-OH is 1. The summed E-state index contributed by atoms with van der Waals surface area (Å²) in [6.45, 7) is 34.2. The number of fused-ring (bicyclic) bond motifs is 1. The lowest BCUT2D eigenvalue weighted by atomic mass is 9.89. The molecule has 246 valence electrons. The average molecular weight is 635 g/mol. The molecule has 1 aromatic rings. The zero-order chi connectivity index (χ0) is 33.3. The van der Waals surface area contributed by atoms with Crippen LogP contribution in [-0.4, -0.2) is 50.4 Å². The molecule has 0 saturated heterocycles. The fourth-order valence-corrected chi connectivity index (χ4v) is 7.27. The molecule has 0 saturated carbocycles. The Morgan fingerprint density at radius 2 is 1.56 bits per heavy atom. The Bertz CT molecular complexity index is 1150. The van der Waals surface area contributed by atoms with Crippen LogP contribution in [0.1, 0.15) is 124 Å². The summed E-state index contributed by atoms with van der Waals surface area (Å²) in [6, 6.07) is 1.13. The summed E-state index contributed by atoms with van der Waals surface area (Å²) in [5, 5.41) is 14.0. The smallest absolute Gasteiger partial charge is 0.323 e. The first-order valence-corrected chi connectivity index (χ1v) is 21.8. The topological polar surface area (TPSA) is 89.9 Å². The molecule has 1 aromatic heterocycles. The monoisotopic (exact) mass is 634 g/mol. The van der Waals surface area contributed by atoms with E-state index in [1.54, 1.807) is 0 Å². The van der Waals surface area contributed by atoms with Gasteiger partial charge in [-0.3, -0.25) is 15.1 Å². The molecule has 0 fully saturated rings. The van der Waals surface area contributed by atoms with Gasteiger partial charge in [-0.2, -0.15) is 0 Å². The maximum atomic E-state index is 13.5. The van der Waals surface area contributed by atoms with Crippen LogP contribution in [0.3, 0.4) is 0 Å². The molecular weight excluding hydrogens is 573 g/mol. The Kier molecular flexibility index (Phi) is 11.9. The van der Waals surface area contributed by atoms with Gasteiger partial charge in [-0.1, -0.05) is 74.0 Å². The van der Waals surface area contributed by atoms with Crippen molar-refractivity contribution in [1.82, 2.24) is 10.3 Å². The number of ether oxygens (including phenoxy) is 1. The lowest BCUT2D eigenvalue weighted by Gasteiger charge is -2.43. The minimum atomic E-state index is -2.31. The van der Waals surface area contributed by atoms with E-state index >= 15 is 0 Å². The lowest BCUT2D eigenvalue weighted by Crippen LogP contribution is -2.53. The van der Waals surface area contributed by atoms with Crippen molar-refractivity contribution in [1.29, 1.82) is 0 Å². The molecule has 0 spiro atoms. The molecule has 0 aliphatic heterocycles. The number of aliphatic hydroxyl groups is 1. The van der Waals surface area contributed by atoms with Crippen molar-refractivity contribution in [3.05, 3.63) is 34.7 Å². The van der Waals surface area contributed by atoms with Gasteiger partial charge in [-0.05, 0) is 81.5 Å². The van der Waals surface area contributed by atoms with Crippen molar-refractivity contribution in [2.75, 3.05) is 0 Å². The second-order valence-corrected chi connectivity index (χ2v) is 25.9. The number of esters is 1. The quantitative estimate of drug-likeness (QED) is 0.186. The molecule has 43 heavy (non-hydrogen) atoms. The summed E-state index contributed by atoms with van der Waals surface area (Å²) >= 11 is 0. The molecule has 0 bridgehead atoms. The normalized spacial score (nSPS) is 20.4. The maximum absolute atomic E-state index is 13.5. The van der Waals surface area contributed by atoms with Gasteiger partial charge in [-0.25, -0.2) is 0 Å². The standard InChI is InChI=1S/C34H62N2O5Si2/c1-17-22(2)28(31(38)39-32(4,5)6)36-27-19-18-25-26(23(3)40-42(13,14)33(7,8)9)20-24(21-37)35-29(25)30(27)41-43(15,16)34(10,11)12/h18-20,22-23,27-28,30,36-37H,17,21H2,1-16H3/t22-,23-,27+,28-,30-/m0/s1. The number of nitrogens with zero attached hydrogens (tertiary/aromatic N) is 1. The summed E-state index contributed by atoms with van der Waals surface area (Å²) in [5.74, 6) is -0.218. The van der Waals surface area contributed by atoms with Crippen LogP contribution in [0.4, 0.5) is 0 Å². The van der Waals surface area contributed by atoms with Crippen molar-refractivity contribution >= 4 is 28.7 Å². The Morgan fingerprint density at radius 1 is 1.00 bits per heavy atom. The number of carbonyl (C=O) groups excluding carboxylic acids is 1. The van der Waals surface area contributed by atoms with Gasteiger partial charge in [0.15, 0.2) is 16.6 Å². The lowest BCUT2D eigenvalue weighted by molar-refractivity contribution is -0.159. The highest BCUT2D eigenvalue weighted by Crippen LogP contribution is 2.45. The molecule has 0 amide bonds. The summed E-state index contributed by atoms with van der Waals surface area (Å²) < 4.78 is 19.9. The van der Waals surface area contributed by atoms with Crippen LogP contribution in [0.15, 0.2) is 12.1 Å². The van der Waals surface area contributed by atoms with Gasteiger partial charge in [0, 0.05) is 5.56 Å². The highest BCUT2D eigenvalue weighted by molar-refractivity contribution is 6.74. The Hall–Kier alpha value is -1.37. The third kappa shape index (κ3) is 9.33. The Labute approximate surface area is 264 Å². The summed E-state index contributed by atoms with van der Waals surface area (Å²) in [5.41, 5.74) is 2.75. The Balaban J connectivity index is 2.71. The number of aromatic nitrogens is 1. The second-order valence-electron chi connectivity index (χ2n) is 16.4. The van der Waals surface area contributed by atoms with E-state index in [2.05, 4.69) is 106 Å². The predicted molar refractivity (Wildman–Crippen MR) is 183 cm³/mol. The van der Waals surface area contributed by atoms with E-state index in [-0.39, 0.29) is 40.7 Å². The average Bonchev–Trinajstić information content (AvgIpc) is 2.84. The molecule has 5 atom stereocenters. The minimum Gasteiger partial charge on any atom is -0.459 e. The van der Waals surface area contributed by atoms with E-state index in [9.17, 15) is 9.90 Å². The number of hydrogen-bond acceptors (Lipinski definition) is 7. The molecule has 1 aliphatic carbocycles. The van der Waals surface area contributed by atoms with Crippen LogP contribution in [0.2, 0.25) is 36.3 Å². The van der Waals surface area contributed by atoms with E-state index in [0.717, 1.165) is 23.2 Å². The molecule has 0 aromatic carbocycles. The van der Waals surface area contributed by atoms with Crippen molar-refractivity contribution in [2.45, 2.75) is 162 Å². The number of rotatable bonds is 11. The van der Waals surface area contributed by atoms with Crippen molar-refractivity contribution < 1.29 is 23.5 Å². The summed E-state index contributed by atoms with van der Waals surface area (Å²) in [4.78, 5) is 18.5. The summed E-state index contributed by atoms with van der Waals surface area (Å²) in [6.07, 6.45) is 4.37. The first kappa shape index (κ1) is 37.8. The van der Waals surface area contributed by atoms with E-state index in [4.69, 9.17) is 18.6 Å². The number of nitrogens with one attached hydrogen (secondary N) is 1. The van der Waals surface area contributed by atoms with Gasteiger partial charge in [0.1, 0.15) is 17.7 Å². The van der Waals surface area contributed by atoms with Gasteiger partial charge < -0.3 is 18.7 Å². The van der Waals surface area contributed by atoms with Crippen LogP contribution in [0.5, 0.6) is 0 Å². The molecule has 0 unspecified atom stereocenters. The van der Waals surface area contributed by atoms with Crippen LogP contribution in [0.25, 0.3) is 6.08 Å². The summed E-state index contributed by atoms with van der Waals surface area (Å²) in [7, 11) is -4.39. The van der Waals surface area contributed by atoms with E-state index < -0.39 is 34.4 Å². The maximum Gasteiger partial charge on any atom is 0.323 e. The van der Waals surface area contributed by atoms with Crippen molar-refractivity contribution in [3.8, 4) is 0 Å². The zero-order valence-corrected chi connectivity index (χ0v) is 32.1. The van der Waals surface area contributed by atoms with E-state index in [1.807, 2.05) is 26.8 Å². The first-order valence-electron chi connectivity index (χ1n) is 16.0. The number of hydrogen-bond donors (Lipinski definition) is 2. The van der Waals surface area contributed by atoms with Gasteiger partial charge in [0.2, 0.25) is 0 Å². The number of pyridine rings is 1. The van der Waals surface area contributed by atoms with Gasteiger partial charge in [-0.15, -0.1) is 0 Å². The third-order valence-corrected chi connectivity index (χ3v) is 18.6. The second kappa shape index (κ2) is 13.6. The zero-order valence-electron chi connectivity index (χ0n) is 30.1. The fraction of sp³-hybridized carbons (Fsp3) is 0.765. The highest BCUT2D eigenvalue weighted by atomic mass is 28.4. The van der Waals surface area contributed by atoms with Gasteiger partial charge in [0.25, 0.3) is 0 Å². The van der Waals surface area contributed by atoms with E-state index in [1.165, 1.54) is 0 Å². The first-order chi connectivity index (χ1) is 19.3. The minimum absolute atomic E-state index is 0.0449. The van der Waals surface area contributed by atoms with Crippen molar-refractivity contribution in [2.24, 2.45) is 5.92 Å². The largest absolute Gasteiger partial charge is 0.459 e. The van der Waals surface area contributed by atoms with Crippen molar-refractivity contribution in [3.63, 3.8) is 0 Å². The van der Waals surface area contributed by atoms with Crippen LogP contribution in [0, 0.1) is 5.92 Å². The molecule has 9 heteroatoms. The molecule has 1 heterocycles. The number of carbonyl (C=O) groups is 1. The van der Waals surface area contributed by atoms with Gasteiger partial charge >= 0.3 is 5.97 Å². The molecule has 7 nitrogen and oxygen atoms in total. The predicted octanol–water partition coefficient (Wildman–Crippen LogP) is 8.46. The molecule has 0 radical (unpaired) electrons. The molecule has 2 rings (SSSR count). The molecule has 2 N–H and O–H groups in total. The molecule has 1 aliphatic rings. The molecular formula is C34H62N2O5Si2. The third-order valence-electron chi connectivity index (χ3n) is 9.59. The fourth-order valence-electron chi connectivity index (χ4n) is 4.66. The van der Waals surface area contributed by atoms with Gasteiger partial charge in [0.05, 0.1) is 30.1 Å². The van der Waals surface area contributed by atoms with Crippen LogP contribution < -0.4 is 5.32 Å². The van der Waals surface area contributed by atoms with E-state index in [0.29, 0.717) is 5.69 Å². The highest BCUT2D eigenvalue weighted by Gasteiger charge is 2.45.